The molecule has 0 saturated heterocycles. The Hall–Kier alpha value is -0.610. The zero-order valence-corrected chi connectivity index (χ0v) is 10.3. The third-order valence-electron chi connectivity index (χ3n) is 3.42. The van der Waals surface area contributed by atoms with Gasteiger partial charge in [0.2, 0.25) is 0 Å². The van der Waals surface area contributed by atoms with Crippen molar-refractivity contribution in [3.63, 3.8) is 0 Å². The molecule has 4 heteroatoms. The average molecular weight is 229 g/mol. The quantitative estimate of drug-likeness (QED) is 0.753. The monoisotopic (exact) mass is 229 g/mol. The van der Waals surface area contributed by atoms with Crippen molar-refractivity contribution >= 4 is 5.97 Å². The molecule has 1 fully saturated rings. The standard InChI is InChI=1S/C12H23NO3/c1-3-13(10-7-5-4-6-8-10)11(9-16-2)12(14)15/h10-11H,3-9H2,1-2H3,(H,14,15). The van der Waals surface area contributed by atoms with Crippen LogP contribution in [0, 0.1) is 0 Å². The molecule has 1 saturated carbocycles. The first kappa shape index (κ1) is 13.5. The molecule has 0 aromatic rings. The SMILES string of the molecule is CCN(C1CCCCC1)C(COC)C(=O)O. The van der Waals surface area contributed by atoms with E-state index in [4.69, 9.17) is 4.74 Å². The van der Waals surface area contributed by atoms with Crippen molar-refractivity contribution in [3.8, 4) is 0 Å². The smallest absolute Gasteiger partial charge is 0.323 e. The van der Waals surface area contributed by atoms with E-state index in [9.17, 15) is 9.90 Å². The first-order chi connectivity index (χ1) is 7.70. The Balaban J connectivity index is 2.64. The summed E-state index contributed by atoms with van der Waals surface area (Å²) in [7, 11) is 1.56. The maximum absolute atomic E-state index is 11.2. The van der Waals surface area contributed by atoms with Crippen LogP contribution >= 0.6 is 0 Å². The van der Waals surface area contributed by atoms with Crippen LogP contribution in [-0.2, 0) is 9.53 Å². The van der Waals surface area contributed by atoms with Gasteiger partial charge in [-0.05, 0) is 19.4 Å². The van der Waals surface area contributed by atoms with Crippen LogP contribution in [0.3, 0.4) is 0 Å². The highest BCUT2D eigenvalue weighted by Gasteiger charge is 2.30. The summed E-state index contributed by atoms with van der Waals surface area (Å²) in [6.07, 6.45) is 5.99. The Kier molecular flexibility index (Phi) is 5.77. The summed E-state index contributed by atoms with van der Waals surface area (Å²) < 4.78 is 5.02. The predicted molar refractivity (Wildman–Crippen MR) is 62.6 cm³/mol. The Labute approximate surface area is 97.6 Å². The van der Waals surface area contributed by atoms with E-state index in [1.54, 1.807) is 7.11 Å². The van der Waals surface area contributed by atoms with Gasteiger partial charge in [0.15, 0.2) is 0 Å². The first-order valence-electron chi connectivity index (χ1n) is 6.18. The maximum atomic E-state index is 11.2. The highest BCUT2D eigenvalue weighted by Crippen LogP contribution is 2.24. The topological polar surface area (TPSA) is 49.8 Å². The summed E-state index contributed by atoms with van der Waals surface area (Å²) >= 11 is 0. The largest absolute Gasteiger partial charge is 0.480 e. The number of carboxylic acids is 1. The fraction of sp³-hybridized carbons (Fsp3) is 0.917. The molecule has 1 aliphatic rings. The van der Waals surface area contributed by atoms with Crippen LogP contribution < -0.4 is 0 Å². The van der Waals surface area contributed by atoms with Crippen LogP contribution in [-0.4, -0.2) is 48.3 Å². The molecule has 4 nitrogen and oxygen atoms in total. The molecule has 1 rings (SSSR count). The first-order valence-corrected chi connectivity index (χ1v) is 6.18. The molecular formula is C12H23NO3. The molecule has 94 valence electrons. The molecule has 0 aromatic carbocycles. The van der Waals surface area contributed by atoms with Gasteiger partial charge in [0.1, 0.15) is 6.04 Å². The minimum absolute atomic E-state index is 0.277. The zero-order chi connectivity index (χ0) is 12.0. The highest BCUT2D eigenvalue weighted by atomic mass is 16.5. The molecule has 0 aromatic heterocycles. The van der Waals surface area contributed by atoms with Crippen LogP contribution in [0.15, 0.2) is 0 Å². The van der Waals surface area contributed by atoms with Crippen molar-refractivity contribution < 1.29 is 14.6 Å². The third-order valence-corrected chi connectivity index (χ3v) is 3.42. The van der Waals surface area contributed by atoms with Crippen molar-refractivity contribution in [2.24, 2.45) is 0 Å². The van der Waals surface area contributed by atoms with E-state index in [2.05, 4.69) is 4.90 Å². The van der Waals surface area contributed by atoms with Gasteiger partial charge in [-0.3, -0.25) is 9.69 Å². The van der Waals surface area contributed by atoms with Gasteiger partial charge in [-0.2, -0.15) is 0 Å². The summed E-state index contributed by atoms with van der Waals surface area (Å²) in [5, 5.41) is 9.21. The lowest BCUT2D eigenvalue weighted by molar-refractivity contribution is -0.146. The van der Waals surface area contributed by atoms with E-state index in [1.165, 1.54) is 19.3 Å². The van der Waals surface area contributed by atoms with Crippen molar-refractivity contribution in [2.45, 2.75) is 51.1 Å². The van der Waals surface area contributed by atoms with E-state index in [0.29, 0.717) is 6.04 Å². The van der Waals surface area contributed by atoms with Crippen molar-refractivity contribution in [2.75, 3.05) is 20.3 Å². The van der Waals surface area contributed by atoms with Crippen LogP contribution in [0.4, 0.5) is 0 Å². The molecule has 1 atom stereocenters. The molecule has 0 spiro atoms. The molecular weight excluding hydrogens is 206 g/mol. The van der Waals surface area contributed by atoms with Gasteiger partial charge in [-0.15, -0.1) is 0 Å². The van der Waals surface area contributed by atoms with E-state index < -0.39 is 12.0 Å². The molecule has 1 unspecified atom stereocenters. The average Bonchev–Trinajstić information content (AvgIpc) is 2.30. The number of aliphatic carboxylic acids is 1. The van der Waals surface area contributed by atoms with E-state index in [-0.39, 0.29) is 6.61 Å². The summed E-state index contributed by atoms with van der Waals surface area (Å²) in [6, 6.07) is -0.0619. The minimum Gasteiger partial charge on any atom is -0.480 e. The van der Waals surface area contributed by atoms with Gasteiger partial charge in [-0.25, -0.2) is 0 Å². The lowest BCUT2D eigenvalue weighted by Gasteiger charge is -2.37. The molecule has 0 radical (unpaired) electrons. The lowest BCUT2D eigenvalue weighted by Crippen LogP contribution is -2.50. The van der Waals surface area contributed by atoms with Gasteiger partial charge in [0, 0.05) is 13.2 Å². The van der Waals surface area contributed by atoms with Crippen molar-refractivity contribution in [1.29, 1.82) is 0 Å². The Morgan fingerprint density at radius 1 is 1.44 bits per heavy atom. The number of rotatable bonds is 6. The maximum Gasteiger partial charge on any atom is 0.323 e. The lowest BCUT2D eigenvalue weighted by atomic mass is 9.93. The van der Waals surface area contributed by atoms with Crippen LogP contribution in [0.2, 0.25) is 0 Å². The second-order valence-corrected chi connectivity index (χ2v) is 4.43. The molecule has 1 aliphatic carbocycles. The Bertz CT molecular complexity index is 214. The molecule has 0 aliphatic heterocycles. The van der Waals surface area contributed by atoms with Crippen LogP contribution in [0.25, 0.3) is 0 Å². The highest BCUT2D eigenvalue weighted by molar-refractivity contribution is 5.73. The Morgan fingerprint density at radius 2 is 2.06 bits per heavy atom. The van der Waals surface area contributed by atoms with E-state index in [1.807, 2.05) is 6.92 Å². The number of carbonyl (C=O) groups is 1. The van der Waals surface area contributed by atoms with E-state index in [0.717, 1.165) is 19.4 Å². The van der Waals surface area contributed by atoms with Crippen molar-refractivity contribution in [3.05, 3.63) is 0 Å². The fourth-order valence-electron chi connectivity index (χ4n) is 2.61. The number of methoxy groups -OCH3 is 1. The van der Waals surface area contributed by atoms with Crippen molar-refractivity contribution in [1.82, 2.24) is 4.90 Å². The number of nitrogens with zero attached hydrogens (tertiary/aromatic N) is 1. The van der Waals surface area contributed by atoms with Gasteiger partial charge < -0.3 is 9.84 Å². The molecule has 1 N–H and O–H groups in total. The summed E-state index contributed by atoms with van der Waals surface area (Å²) in [5.41, 5.74) is 0. The van der Waals surface area contributed by atoms with Crippen LogP contribution in [0.5, 0.6) is 0 Å². The predicted octanol–water partition coefficient (Wildman–Crippen LogP) is 1.74. The number of hydrogen-bond donors (Lipinski definition) is 1. The molecule has 16 heavy (non-hydrogen) atoms. The summed E-state index contributed by atoms with van der Waals surface area (Å²) in [4.78, 5) is 13.3. The number of hydrogen-bond acceptors (Lipinski definition) is 3. The van der Waals surface area contributed by atoms with Gasteiger partial charge in [0.05, 0.1) is 6.61 Å². The zero-order valence-electron chi connectivity index (χ0n) is 10.3. The minimum atomic E-state index is -0.769. The number of carboxylic acid groups (broad SMARTS) is 1. The van der Waals surface area contributed by atoms with E-state index >= 15 is 0 Å². The van der Waals surface area contributed by atoms with Gasteiger partial charge in [-0.1, -0.05) is 26.2 Å². The molecule has 0 heterocycles. The second kappa shape index (κ2) is 6.86. The summed E-state index contributed by atoms with van der Waals surface area (Å²) in [5.74, 6) is -0.769. The second-order valence-electron chi connectivity index (χ2n) is 4.43. The molecule has 0 amide bonds. The number of likely N-dealkylation sites (N-methyl/N-ethyl adjacent to an activating group) is 1. The fourth-order valence-corrected chi connectivity index (χ4v) is 2.61. The van der Waals surface area contributed by atoms with Gasteiger partial charge >= 0.3 is 5.97 Å². The summed E-state index contributed by atoms with van der Waals surface area (Å²) in [6.45, 7) is 3.09. The normalized spacial score (nSPS) is 19.9. The van der Waals surface area contributed by atoms with Crippen LogP contribution in [0.1, 0.15) is 39.0 Å². The number of ether oxygens (including phenoxy) is 1. The van der Waals surface area contributed by atoms with Gasteiger partial charge in [0.25, 0.3) is 0 Å². The third kappa shape index (κ3) is 3.46. The molecule has 0 bridgehead atoms. The Morgan fingerprint density at radius 3 is 2.50 bits per heavy atom.